The molecule has 0 aliphatic rings. The molecule has 182 valence electrons. The van der Waals surface area contributed by atoms with Crippen LogP contribution in [0.5, 0.6) is 5.75 Å². The Balaban J connectivity index is 1.62. The van der Waals surface area contributed by atoms with Crippen LogP contribution in [0.1, 0.15) is 5.56 Å². The molecule has 1 amide bonds. The van der Waals surface area contributed by atoms with Gasteiger partial charge in [-0.1, -0.05) is 60.7 Å². The minimum atomic E-state index is -4.50. The lowest BCUT2D eigenvalue weighted by molar-refractivity contribution is -0.387. The van der Waals surface area contributed by atoms with E-state index in [4.69, 9.17) is 0 Å². The molecule has 10 nitrogen and oxygen atoms in total. The van der Waals surface area contributed by atoms with E-state index in [0.717, 1.165) is 21.8 Å². The van der Waals surface area contributed by atoms with Crippen molar-refractivity contribution in [1.29, 1.82) is 0 Å². The third kappa shape index (κ3) is 5.00. The molecule has 4 aromatic rings. The van der Waals surface area contributed by atoms with Gasteiger partial charge in [0.1, 0.15) is 12.3 Å². The first kappa shape index (κ1) is 24.4. The molecular formula is C25H20N4O6S. The van der Waals surface area contributed by atoms with Crippen LogP contribution >= 0.6 is 0 Å². The predicted molar refractivity (Wildman–Crippen MR) is 135 cm³/mol. The van der Waals surface area contributed by atoms with Gasteiger partial charge in [-0.05, 0) is 35.0 Å². The van der Waals surface area contributed by atoms with Crippen molar-refractivity contribution in [2.75, 3.05) is 10.8 Å². The van der Waals surface area contributed by atoms with Crippen LogP contribution < -0.4 is 9.73 Å². The molecular weight excluding hydrogens is 484 g/mol. The maximum atomic E-state index is 13.4. The Morgan fingerprint density at radius 2 is 1.64 bits per heavy atom. The van der Waals surface area contributed by atoms with Crippen molar-refractivity contribution in [2.45, 2.75) is 4.90 Å². The number of hydrazone groups is 1. The minimum absolute atomic E-state index is 0.0448. The van der Waals surface area contributed by atoms with Gasteiger partial charge in [0.25, 0.3) is 21.6 Å². The smallest absolute Gasteiger partial charge is 0.289 e. The van der Waals surface area contributed by atoms with Crippen molar-refractivity contribution in [3.63, 3.8) is 0 Å². The lowest BCUT2D eigenvalue weighted by atomic mass is 10.0. The Morgan fingerprint density at radius 1 is 0.972 bits per heavy atom. The Bertz CT molecular complexity index is 1570. The molecule has 0 atom stereocenters. The van der Waals surface area contributed by atoms with Crippen molar-refractivity contribution >= 4 is 44.3 Å². The summed E-state index contributed by atoms with van der Waals surface area (Å²) in [4.78, 5) is 22.8. The van der Waals surface area contributed by atoms with Gasteiger partial charge in [0.05, 0.1) is 16.8 Å². The number of benzene rings is 4. The molecule has 2 N–H and O–H groups in total. The first-order valence-corrected chi connectivity index (χ1v) is 12.1. The third-order valence-corrected chi connectivity index (χ3v) is 7.11. The number of nitrogens with zero attached hydrogens (tertiary/aromatic N) is 3. The largest absolute Gasteiger partial charge is 0.507 e. The molecule has 0 saturated carbocycles. The van der Waals surface area contributed by atoms with Crippen molar-refractivity contribution in [2.24, 2.45) is 5.10 Å². The van der Waals surface area contributed by atoms with Crippen LogP contribution in [0.4, 0.5) is 11.4 Å². The van der Waals surface area contributed by atoms with Gasteiger partial charge in [0, 0.05) is 11.6 Å². The number of aromatic hydroxyl groups is 1. The summed E-state index contributed by atoms with van der Waals surface area (Å²) >= 11 is 0. The minimum Gasteiger partial charge on any atom is -0.507 e. The van der Waals surface area contributed by atoms with Crippen molar-refractivity contribution in [1.82, 2.24) is 5.43 Å². The molecule has 0 bridgehead atoms. The fraction of sp³-hybridized carbons (Fsp3) is 0.0400. The zero-order chi connectivity index (χ0) is 25.7. The summed E-state index contributed by atoms with van der Waals surface area (Å²) < 4.78 is 27.7. The average Bonchev–Trinajstić information content (AvgIpc) is 2.89. The Hall–Kier alpha value is -4.77. The number of phenolic OH excluding ortho intramolecular Hbond substituents is 1. The number of sulfonamides is 1. The van der Waals surface area contributed by atoms with Crippen molar-refractivity contribution in [3.05, 3.63) is 107 Å². The molecule has 0 radical (unpaired) electrons. The van der Waals surface area contributed by atoms with Crippen LogP contribution in [0.15, 0.2) is 101 Å². The molecule has 4 aromatic carbocycles. The molecule has 36 heavy (non-hydrogen) atoms. The van der Waals surface area contributed by atoms with E-state index in [1.54, 1.807) is 36.4 Å². The monoisotopic (exact) mass is 504 g/mol. The summed E-state index contributed by atoms with van der Waals surface area (Å²) in [5.74, 6) is -0.839. The number of nitrogens with one attached hydrogen (secondary N) is 1. The van der Waals surface area contributed by atoms with Gasteiger partial charge in [-0.15, -0.1) is 0 Å². The number of fused-ring (bicyclic) bond motifs is 1. The van der Waals surface area contributed by atoms with Gasteiger partial charge in [-0.3, -0.25) is 19.2 Å². The molecule has 4 rings (SSSR count). The molecule has 0 aromatic heterocycles. The fourth-order valence-electron chi connectivity index (χ4n) is 3.61. The number of phenols is 1. The van der Waals surface area contributed by atoms with E-state index in [9.17, 15) is 28.4 Å². The third-order valence-electron chi connectivity index (χ3n) is 5.29. The van der Waals surface area contributed by atoms with Gasteiger partial charge < -0.3 is 5.11 Å². The Labute approximate surface area is 206 Å². The standard InChI is InChI=1S/C25H20N4O6S/c30-23-15-14-18-8-4-5-11-20(18)21(23)16-26-27-25(31)17-28(19-9-2-1-3-10-19)36(34,35)24-13-7-6-12-22(24)29(32)33/h1-16,30H,17H2,(H,27,31)/b26-16-. The average molecular weight is 505 g/mol. The number of para-hydroxylation sites is 2. The molecule has 0 aliphatic carbocycles. The number of nitro groups is 1. The summed E-state index contributed by atoms with van der Waals surface area (Å²) in [5.41, 5.74) is 2.17. The maximum absolute atomic E-state index is 13.4. The van der Waals surface area contributed by atoms with E-state index in [1.807, 2.05) is 12.1 Å². The normalized spacial score (nSPS) is 11.4. The van der Waals surface area contributed by atoms with E-state index in [0.29, 0.717) is 10.9 Å². The van der Waals surface area contributed by atoms with Crippen molar-refractivity contribution < 1.29 is 23.2 Å². The molecule has 0 aliphatic heterocycles. The molecule has 0 saturated heterocycles. The summed E-state index contributed by atoms with van der Waals surface area (Å²) in [6, 6.07) is 23.2. The summed E-state index contributed by atoms with van der Waals surface area (Å²) in [5, 5.41) is 27.1. The Morgan fingerprint density at radius 3 is 2.39 bits per heavy atom. The van der Waals surface area contributed by atoms with Crippen LogP contribution in [0, 0.1) is 10.1 Å². The lowest BCUT2D eigenvalue weighted by Crippen LogP contribution is -2.39. The highest BCUT2D eigenvalue weighted by molar-refractivity contribution is 7.93. The van der Waals surface area contributed by atoms with E-state index >= 15 is 0 Å². The quantitative estimate of drug-likeness (QED) is 0.212. The van der Waals surface area contributed by atoms with Gasteiger partial charge in [0.15, 0.2) is 4.90 Å². The van der Waals surface area contributed by atoms with Gasteiger partial charge >= 0.3 is 0 Å². The predicted octanol–water partition coefficient (Wildman–Crippen LogP) is 3.80. The highest BCUT2D eigenvalue weighted by Gasteiger charge is 2.33. The van der Waals surface area contributed by atoms with E-state index in [-0.39, 0.29) is 11.4 Å². The van der Waals surface area contributed by atoms with Crippen molar-refractivity contribution in [3.8, 4) is 5.75 Å². The Kier molecular flexibility index (Phi) is 6.93. The number of nitro benzene ring substituents is 1. The summed E-state index contributed by atoms with van der Waals surface area (Å²) in [6.45, 7) is -0.697. The topological polar surface area (TPSA) is 142 Å². The molecule has 11 heteroatoms. The van der Waals surface area contributed by atoms with E-state index in [1.165, 1.54) is 36.5 Å². The van der Waals surface area contributed by atoms with Crippen LogP contribution in [-0.2, 0) is 14.8 Å². The second kappa shape index (κ2) is 10.2. The number of hydrogen-bond donors (Lipinski definition) is 2. The highest BCUT2D eigenvalue weighted by Crippen LogP contribution is 2.29. The number of hydrogen-bond acceptors (Lipinski definition) is 7. The molecule has 0 spiro atoms. The molecule has 0 unspecified atom stereocenters. The van der Waals surface area contributed by atoms with E-state index in [2.05, 4.69) is 10.5 Å². The van der Waals surface area contributed by atoms with Crippen LogP contribution in [0.25, 0.3) is 10.8 Å². The second-order valence-corrected chi connectivity index (χ2v) is 9.42. The number of anilines is 1. The van der Waals surface area contributed by atoms with E-state index < -0.39 is 38.0 Å². The zero-order valence-corrected chi connectivity index (χ0v) is 19.5. The van der Waals surface area contributed by atoms with Crippen LogP contribution in [0.2, 0.25) is 0 Å². The fourth-order valence-corrected chi connectivity index (χ4v) is 5.19. The number of carbonyl (C=O) groups is 1. The van der Waals surface area contributed by atoms with Crippen LogP contribution in [-0.4, -0.2) is 37.1 Å². The summed E-state index contributed by atoms with van der Waals surface area (Å²) in [6.07, 6.45) is 1.26. The van der Waals surface area contributed by atoms with Crippen LogP contribution in [0.3, 0.4) is 0 Å². The highest BCUT2D eigenvalue weighted by atomic mass is 32.2. The summed E-state index contributed by atoms with van der Waals surface area (Å²) in [7, 11) is -4.50. The number of amides is 1. The maximum Gasteiger partial charge on any atom is 0.289 e. The molecule has 0 fully saturated rings. The van der Waals surface area contributed by atoms with Gasteiger partial charge in [-0.25, -0.2) is 13.8 Å². The SMILES string of the molecule is O=C(CN(c1ccccc1)S(=O)(=O)c1ccccc1[N+](=O)[O-])N/N=C\c1c(O)ccc2ccccc12. The lowest BCUT2D eigenvalue weighted by Gasteiger charge is -2.23. The first-order chi connectivity index (χ1) is 17.3. The number of rotatable bonds is 8. The second-order valence-electron chi connectivity index (χ2n) is 7.58. The van der Waals surface area contributed by atoms with Gasteiger partial charge in [-0.2, -0.15) is 5.10 Å². The van der Waals surface area contributed by atoms with Gasteiger partial charge in [0.2, 0.25) is 0 Å². The zero-order valence-electron chi connectivity index (χ0n) is 18.7. The first-order valence-electron chi connectivity index (χ1n) is 10.6. The molecule has 0 heterocycles. The number of carbonyl (C=O) groups excluding carboxylic acids is 1.